The Bertz CT molecular complexity index is 3420. The molecule has 0 unspecified atom stereocenters. The SMILES string of the molecule is CCOC(=O)CCc1cc(CC(C)C)c(O)c(CC(C)C)c1.Cc1cc(CCC(=O)OCC(C)(C)C2OCCCO2)cc(CC(C)C)c1O.Cc1cc(CCCOp2oc3c(C(C)(C)C)cc(CC(C)C)cc3c3cc(CC(C)C)cc(C(C)(C)C)c3o2)cc(C(C)(C)C)c1O. The van der Waals surface area contributed by atoms with Crippen molar-refractivity contribution in [1.29, 1.82) is 0 Å². The zero-order valence-electron chi connectivity index (χ0n) is 63.7. The highest BCUT2D eigenvalue weighted by Crippen LogP contribution is 2.44. The Morgan fingerprint density at radius 3 is 1.29 bits per heavy atom. The second kappa shape index (κ2) is 35.8. The molecule has 7 rings (SSSR count). The molecule has 0 bridgehead atoms. The molecule has 1 aliphatic rings. The van der Waals surface area contributed by atoms with Crippen molar-refractivity contribution >= 4 is 42.1 Å². The van der Waals surface area contributed by atoms with Crippen LogP contribution in [0.5, 0.6) is 17.2 Å². The van der Waals surface area contributed by atoms with Crippen molar-refractivity contribution in [1.82, 2.24) is 0 Å². The van der Waals surface area contributed by atoms with Gasteiger partial charge in [0, 0.05) is 40.2 Å². The number of hydrogen-bond donors (Lipinski definition) is 3. The summed E-state index contributed by atoms with van der Waals surface area (Å²) in [5.41, 5.74) is 15.1. The average molecular weight is 1350 g/mol. The first kappa shape index (κ1) is 80.9. The van der Waals surface area contributed by atoms with Crippen LogP contribution >= 0.6 is 8.24 Å². The molecule has 0 saturated carbocycles. The van der Waals surface area contributed by atoms with Crippen LogP contribution in [0.4, 0.5) is 0 Å². The molecule has 534 valence electrons. The van der Waals surface area contributed by atoms with E-state index in [1.807, 2.05) is 58.9 Å². The van der Waals surface area contributed by atoms with Crippen LogP contribution < -0.4 is 4.52 Å². The molecule has 2 heterocycles. The van der Waals surface area contributed by atoms with Gasteiger partial charge in [-0.3, -0.25) is 14.1 Å². The van der Waals surface area contributed by atoms with Gasteiger partial charge in [0.05, 0.1) is 26.4 Å². The van der Waals surface area contributed by atoms with Gasteiger partial charge in [-0.15, -0.1) is 0 Å². The lowest BCUT2D eigenvalue weighted by Crippen LogP contribution is -2.41. The van der Waals surface area contributed by atoms with E-state index in [9.17, 15) is 24.9 Å². The summed E-state index contributed by atoms with van der Waals surface area (Å²) in [5, 5.41) is 33.6. The van der Waals surface area contributed by atoms with Crippen molar-refractivity contribution < 1.29 is 56.8 Å². The fourth-order valence-corrected chi connectivity index (χ4v) is 13.5. The Balaban J connectivity index is 0.000000287. The van der Waals surface area contributed by atoms with Crippen LogP contribution in [0.1, 0.15) is 250 Å². The molecular formula is C83H125O12P. The summed E-state index contributed by atoms with van der Waals surface area (Å²) in [4.78, 5) is 23.7. The van der Waals surface area contributed by atoms with Gasteiger partial charge in [-0.2, -0.15) is 0 Å². The van der Waals surface area contributed by atoms with Crippen LogP contribution in [-0.2, 0) is 96.1 Å². The minimum absolute atomic E-state index is 0.132. The van der Waals surface area contributed by atoms with Gasteiger partial charge in [0.2, 0.25) is 0 Å². The third kappa shape index (κ3) is 24.9. The average Bonchev–Trinajstić information content (AvgIpc) is 1.48. The smallest absolute Gasteiger partial charge is 0.387 e. The molecule has 0 atom stereocenters. The Hall–Kier alpha value is -5.78. The van der Waals surface area contributed by atoms with Crippen molar-refractivity contribution in [2.45, 2.75) is 266 Å². The maximum absolute atomic E-state index is 12.2. The lowest BCUT2D eigenvalue weighted by atomic mass is 9.81. The quantitative estimate of drug-likeness (QED) is 0.0367. The number of phenols is 3. The van der Waals surface area contributed by atoms with E-state index in [0.717, 1.165) is 118 Å². The van der Waals surface area contributed by atoms with Gasteiger partial charge in [0.15, 0.2) is 6.29 Å². The van der Waals surface area contributed by atoms with Gasteiger partial charge in [-0.25, -0.2) is 0 Å². The van der Waals surface area contributed by atoms with Crippen LogP contribution in [0.15, 0.2) is 69.1 Å². The summed E-state index contributed by atoms with van der Waals surface area (Å²) in [6, 6.07) is 21.7. The standard InChI is InChI=1S/C42H61O4P.C22H34O5.C19H30O3/c1-26(2)18-30-21-32-33-22-31(19-27(3)4)25-36(42(12,13)14)39(33)46-47(45-38(32)35(24-30)41(9,10)11)44-17-15-16-29-20-28(5)37(43)34(23-29)40(6,7)8;1-15(2)11-18-13-17(12-16(3)20(18)24)7-8-19(23)27-14-22(4,5)21-25-9-6-10-26-21;1-6-22-18(20)8-7-15-11-16(9-13(2)3)19(21)17(12-15)10-14(4)5/h20-27,43H,15-19H2,1-14H3;12-13,15,21,24H,6-11,14H2,1-5H3;11-14,21H,6-10H2,1-5H3. The van der Waals surface area contributed by atoms with Gasteiger partial charge in [-0.05, 0) is 204 Å². The van der Waals surface area contributed by atoms with Crippen molar-refractivity contribution in [3.63, 3.8) is 0 Å². The van der Waals surface area contributed by atoms with E-state index >= 15 is 0 Å². The topological polar surface area (TPSA) is 167 Å². The van der Waals surface area contributed by atoms with E-state index in [1.54, 1.807) is 0 Å². The lowest BCUT2D eigenvalue weighted by molar-refractivity contribution is -0.237. The first-order chi connectivity index (χ1) is 44.7. The number of carbonyl (C=O) groups excluding carboxylic acids is 2. The summed E-state index contributed by atoms with van der Waals surface area (Å²) in [6.07, 6.45) is 8.72. The van der Waals surface area contributed by atoms with Crippen LogP contribution in [0.25, 0.3) is 21.9 Å². The van der Waals surface area contributed by atoms with Gasteiger partial charge >= 0.3 is 20.2 Å². The third-order valence-electron chi connectivity index (χ3n) is 17.1. The number of hydrogen-bond acceptors (Lipinski definition) is 12. The van der Waals surface area contributed by atoms with Crippen LogP contribution in [0, 0.1) is 48.9 Å². The number of ether oxygens (including phenoxy) is 4. The predicted octanol–water partition coefficient (Wildman–Crippen LogP) is 21.1. The fraction of sp³-hybridized carbons (Fsp3) is 0.614. The second-order valence-corrected chi connectivity index (χ2v) is 34.1. The fourth-order valence-electron chi connectivity index (χ4n) is 12.4. The molecule has 6 aromatic rings. The third-order valence-corrected chi connectivity index (χ3v) is 18.1. The molecule has 12 nitrogen and oxygen atoms in total. The van der Waals surface area contributed by atoms with Gasteiger partial charge < -0.3 is 42.7 Å². The highest BCUT2D eigenvalue weighted by molar-refractivity contribution is 7.31. The zero-order chi connectivity index (χ0) is 71.8. The van der Waals surface area contributed by atoms with E-state index in [4.69, 9.17) is 31.9 Å². The number of aryl methyl sites for hydroxylation is 5. The second-order valence-electron chi connectivity index (χ2n) is 33.0. The largest absolute Gasteiger partial charge is 0.507 e. The van der Waals surface area contributed by atoms with E-state index in [-0.39, 0.29) is 46.5 Å². The number of rotatable bonds is 25. The minimum atomic E-state index is -1.71. The van der Waals surface area contributed by atoms with E-state index in [0.29, 0.717) is 98.9 Å². The molecule has 1 aliphatic heterocycles. The number of aromatic hydroxyl groups is 3. The monoisotopic (exact) mass is 1340 g/mol. The van der Waals surface area contributed by atoms with Crippen LogP contribution in [-0.4, -0.2) is 66.6 Å². The molecule has 1 fully saturated rings. The Morgan fingerprint density at radius 2 is 0.875 bits per heavy atom. The van der Waals surface area contributed by atoms with Crippen LogP contribution in [0.3, 0.4) is 0 Å². The molecule has 96 heavy (non-hydrogen) atoms. The summed E-state index contributed by atoms with van der Waals surface area (Å²) in [6.45, 7) is 54.2. The summed E-state index contributed by atoms with van der Waals surface area (Å²) in [5.74, 6) is 3.32. The number of fused-ring (bicyclic) bond motifs is 3. The number of esters is 2. The molecule has 5 aromatic carbocycles. The molecule has 0 aliphatic carbocycles. The van der Waals surface area contributed by atoms with Crippen molar-refractivity contribution in [3.05, 3.63) is 133 Å². The maximum atomic E-state index is 12.2. The lowest BCUT2D eigenvalue weighted by Gasteiger charge is -2.35. The first-order valence-corrected chi connectivity index (χ1v) is 36.9. The van der Waals surface area contributed by atoms with Crippen LogP contribution in [0.2, 0.25) is 0 Å². The number of benzene rings is 5. The minimum Gasteiger partial charge on any atom is -0.507 e. The highest BCUT2D eigenvalue weighted by atomic mass is 31.1. The first-order valence-electron chi connectivity index (χ1n) is 35.8. The number of carbonyl (C=O) groups is 2. The molecule has 1 aromatic heterocycles. The van der Waals surface area contributed by atoms with E-state index < -0.39 is 8.24 Å². The molecule has 13 heteroatoms. The van der Waals surface area contributed by atoms with Crippen molar-refractivity contribution in [3.8, 4) is 17.2 Å². The van der Waals surface area contributed by atoms with Gasteiger partial charge in [-0.1, -0.05) is 194 Å². The zero-order valence-corrected chi connectivity index (χ0v) is 64.6. The molecular weight excluding hydrogens is 1220 g/mol. The Morgan fingerprint density at radius 1 is 0.490 bits per heavy atom. The Labute approximate surface area is 580 Å². The van der Waals surface area contributed by atoms with E-state index in [1.165, 1.54) is 27.8 Å². The predicted molar refractivity (Wildman–Crippen MR) is 397 cm³/mol. The summed E-state index contributed by atoms with van der Waals surface area (Å²) < 4.78 is 42.1. The normalized spacial score (nSPS) is 13.4. The van der Waals surface area contributed by atoms with Crippen molar-refractivity contribution in [2.75, 3.05) is 33.0 Å². The van der Waals surface area contributed by atoms with Gasteiger partial charge in [0.1, 0.15) is 35.0 Å². The van der Waals surface area contributed by atoms with Crippen molar-refractivity contribution in [2.24, 2.45) is 35.0 Å². The maximum Gasteiger partial charge on any atom is 0.387 e. The summed E-state index contributed by atoms with van der Waals surface area (Å²) in [7, 11) is -1.71. The molecule has 0 spiro atoms. The Kier molecular flexibility index (Phi) is 30.2. The molecule has 1 saturated heterocycles. The van der Waals surface area contributed by atoms with Gasteiger partial charge in [0.25, 0.3) is 0 Å². The molecule has 3 N–H and O–H groups in total. The van der Waals surface area contributed by atoms with E-state index in [2.05, 4.69) is 168 Å². The number of phenolic OH excluding ortho intramolecular Hbond substituents is 3. The summed E-state index contributed by atoms with van der Waals surface area (Å²) >= 11 is 0. The molecule has 0 radical (unpaired) electrons. The highest BCUT2D eigenvalue weighted by Gasteiger charge is 2.35. The molecule has 0 amide bonds.